The number of rotatable bonds is 6. The molecule has 0 bridgehead atoms. The highest BCUT2D eigenvalue weighted by atomic mass is 16.3. The molecule has 1 N–H and O–H groups in total. The van der Waals surface area contributed by atoms with Gasteiger partial charge in [-0.2, -0.15) is 0 Å². The predicted octanol–water partition coefficient (Wildman–Crippen LogP) is 9.99. The fourth-order valence-corrected chi connectivity index (χ4v) is 2.30. The Morgan fingerprint density at radius 3 is 1.55 bits per heavy atom. The Morgan fingerprint density at radius 2 is 1.29 bits per heavy atom. The van der Waals surface area contributed by atoms with E-state index in [2.05, 4.69) is 87.7 Å². The van der Waals surface area contributed by atoms with E-state index in [9.17, 15) is 4.79 Å². The van der Waals surface area contributed by atoms with Crippen molar-refractivity contribution in [2.75, 3.05) is 0 Å². The van der Waals surface area contributed by atoms with Gasteiger partial charge in [0.25, 0.3) is 0 Å². The average Bonchev–Trinajstić information content (AvgIpc) is 2.93. The monoisotopic (exact) mass is 522 g/mol. The first-order valence-corrected chi connectivity index (χ1v) is 13.4. The zero-order chi connectivity index (χ0) is 30.5. The summed E-state index contributed by atoms with van der Waals surface area (Å²) in [6, 6.07) is 17.1. The van der Waals surface area contributed by atoms with Crippen molar-refractivity contribution in [1.82, 2.24) is 0 Å². The summed E-state index contributed by atoms with van der Waals surface area (Å²) in [4.78, 5) is 18.7. The largest absolute Gasteiger partial charge is 0.386 e. The molecule has 3 heteroatoms. The normalized spacial score (nSPS) is 10.1. The Bertz CT molecular complexity index is 913. The second-order valence-electron chi connectivity index (χ2n) is 7.56. The molecule has 2 aromatic carbocycles. The molecule has 0 amide bonds. The van der Waals surface area contributed by atoms with Gasteiger partial charge in [0.05, 0.1) is 0 Å². The summed E-state index contributed by atoms with van der Waals surface area (Å²) in [5.41, 5.74) is 7.48. The average molecular weight is 523 g/mol. The number of allylic oxidation sites excluding steroid dienone is 6. The van der Waals surface area contributed by atoms with Gasteiger partial charge in [0.1, 0.15) is 12.4 Å². The van der Waals surface area contributed by atoms with E-state index in [1.54, 1.807) is 6.08 Å². The van der Waals surface area contributed by atoms with Crippen LogP contribution in [-0.2, 0) is 9.59 Å². The molecule has 3 nitrogen and oxygen atoms in total. The molecule has 0 saturated carbocycles. The van der Waals surface area contributed by atoms with Crippen molar-refractivity contribution in [3.8, 4) is 11.1 Å². The second kappa shape index (κ2) is 29.9. The first-order chi connectivity index (χ1) is 18.1. The Balaban J connectivity index is -0.000000224. The molecule has 0 radical (unpaired) electrons. The number of ketones is 1. The zero-order valence-electron chi connectivity index (χ0n) is 26.0. The number of carbonyl (C=O) groups is 2. The lowest BCUT2D eigenvalue weighted by atomic mass is 10.0. The first-order valence-electron chi connectivity index (χ1n) is 13.4. The maximum absolute atomic E-state index is 9.89. The molecular weight excluding hydrogens is 468 g/mol. The topological polar surface area (TPSA) is 54.4 Å². The molecule has 0 heterocycles. The molecule has 0 fully saturated rings. The second-order valence-corrected chi connectivity index (χ2v) is 7.56. The van der Waals surface area contributed by atoms with Gasteiger partial charge < -0.3 is 9.90 Å². The summed E-state index contributed by atoms with van der Waals surface area (Å²) in [6.45, 7) is 28.1. The molecule has 38 heavy (non-hydrogen) atoms. The highest BCUT2D eigenvalue weighted by Gasteiger charge is 1.98. The van der Waals surface area contributed by atoms with Crippen LogP contribution in [-0.4, -0.2) is 23.3 Å². The number of aryl methyl sites for hydroxylation is 1. The number of hydrogen-bond acceptors (Lipinski definition) is 3. The Hall–Kier alpha value is -3.30. The smallest absolute Gasteiger partial charge is 0.157 e. The molecule has 0 aliphatic rings. The van der Waals surface area contributed by atoms with Crippen molar-refractivity contribution in [3.63, 3.8) is 0 Å². The van der Waals surface area contributed by atoms with Gasteiger partial charge in [-0.05, 0) is 64.7 Å². The quantitative estimate of drug-likeness (QED) is 0.303. The number of aldehydes is 1. The van der Waals surface area contributed by atoms with Gasteiger partial charge in [-0.1, -0.05) is 137 Å². The van der Waals surface area contributed by atoms with E-state index < -0.39 is 6.10 Å². The van der Waals surface area contributed by atoms with Crippen LogP contribution in [0.25, 0.3) is 16.7 Å². The number of hydrogen-bond donors (Lipinski definition) is 1. The van der Waals surface area contributed by atoms with Gasteiger partial charge in [-0.25, -0.2) is 0 Å². The lowest BCUT2D eigenvalue weighted by molar-refractivity contribution is -0.124. The van der Waals surface area contributed by atoms with Crippen LogP contribution in [0, 0.1) is 6.92 Å². The molecule has 0 aliphatic carbocycles. The van der Waals surface area contributed by atoms with Crippen LogP contribution in [0.1, 0.15) is 86.8 Å². The summed E-state index contributed by atoms with van der Waals surface area (Å²) < 4.78 is 0. The number of aliphatic hydroxyl groups excluding tert-OH is 1. The van der Waals surface area contributed by atoms with Crippen molar-refractivity contribution in [3.05, 3.63) is 103 Å². The van der Waals surface area contributed by atoms with E-state index in [0.29, 0.717) is 0 Å². The highest BCUT2D eigenvalue weighted by molar-refractivity contribution is 5.79. The van der Waals surface area contributed by atoms with Crippen LogP contribution in [0.15, 0.2) is 91.6 Å². The molecule has 0 saturated heterocycles. The summed E-state index contributed by atoms with van der Waals surface area (Å²) in [5.74, 6) is -0.185. The first kappa shape index (κ1) is 41.8. The Labute approximate surface area is 234 Å². The Morgan fingerprint density at radius 1 is 0.921 bits per heavy atom. The van der Waals surface area contributed by atoms with E-state index in [-0.39, 0.29) is 5.78 Å². The van der Waals surface area contributed by atoms with Crippen molar-refractivity contribution in [2.24, 2.45) is 0 Å². The van der Waals surface area contributed by atoms with E-state index in [1.165, 1.54) is 48.6 Å². The highest BCUT2D eigenvalue weighted by Crippen LogP contribution is 2.22. The van der Waals surface area contributed by atoms with Crippen LogP contribution in [0.5, 0.6) is 0 Å². The van der Waals surface area contributed by atoms with Gasteiger partial charge in [0.2, 0.25) is 0 Å². The third kappa shape index (κ3) is 24.4. The van der Waals surface area contributed by atoms with Crippen molar-refractivity contribution in [1.29, 1.82) is 0 Å². The van der Waals surface area contributed by atoms with Crippen molar-refractivity contribution in [2.45, 2.75) is 88.7 Å². The summed E-state index contributed by atoms with van der Waals surface area (Å²) in [5, 5.41) is 8.28. The standard InChI is InChI=1S/C16H16.C9H14.C4H8O2.C2H4O.2C2H6/c1-12(2)14-8-10-16(11-9-14)15-6-4-13(3)5-7-15;1-4-7-8-9(5-2)6-3;1-3(5)4(2)6;1-2-3;2*1-2/h4-11H,1H2,2-3H3;4-5,7-8H,1,6H2,2-3H3;3,5H,1-2H3;2H,1H3;2*1-2H3/b;8-7-,9-5-;;;;. The van der Waals surface area contributed by atoms with Gasteiger partial charge in [0, 0.05) is 0 Å². The minimum Gasteiger partial charge on any atom is -0.386 e. The van der Waals surface area contributed by atoms with Gasteiger partial charge in [-0.15, -0.1) is 0 Å². The Kier molecular flexibility index (Phi) is 32.9. The summed E-state index contributed by atoms with van der Waals surface area (Å²) in [7, 11) is 0. The SMILES string of the molecule is C=C(C)c1ccc(-c2ccc(C)cc2)cc1.C=C/C=C\C(=C/C)CC.CC.CC.CC(=O)C(C)O.CC=O. The lowest BCUT2D eigenvalue weighted by Crippen LogP contribution is -2.10. The fourth-order valence-electron chi connectivity index (χ4n) is 2.30. The number of aliphatic hydroxyl groups is 1. The van der Waals surface area contributed by atoms with E-state index in [0.717, 1.165) is 18.3 Å². The van der Waals surface area contributed by atoms with Crippen molar-refractivity contribution < 1.29 is 14.7 Å². The molecule has 2 aromatic rings. The maximum atomic E-state index is 9.89. The van der Waals surface area contributed by atoms with Gasteiger partial charge in [0.15, 0.2) is 5.78 Å². The van der Waals surface area contributed by atoms with E-state index >= 15 is 0 Å². The maximum Gasteiger partial charge on any atom is 0.157 e. The van der Waals surface area contributed by atoms with Crippen LogP contribution in [0.2, 0.25) is 0 Å². The molecule has 0 spiro atoms. The number of benzene rings is 2. The van der Waals surface area contributed by atoms with E-state index in [4.69, 9.17) is 9.90 Å². The molecule has 2 rings (SSSR count). The van der Waals surface area contributed by atoms with Gasteiger partial charge in [-0.3, -0.25) is 4.79 Å². The minimum absolute atomic E-state index is 0.185. The van der Waals surface area contributed by atoms with Crippen LogP contribution in [0.4, 0.5) is 0 Å². The van der Waals surface area contributed by atoms with Crippen molar-refractivity contribution >= 4 is 17.6 Å². The minimum atomic E-state index is -0.787. The third-order valence-corrected chi connectivity index (χ3v) is 4.58. The predicted molar refractivity (Wildman–Crippen MR) is 172 cm³/mol. The van der Waals surface area contributed by atoms with Crippen LogP contribution >= 0.6 is 0 Å². The third-order valence-electron chi connectivity index (χ3n) is 4.58. The molecule has 1 atom stereocenters. The molecule has 212 valence electrons. The summed E-state index contributed by atoms with van der Waals surface area (Å²) >= 11 is 0. The molecular formula is C35H54O3. The molecule has 1 unspecified atom stereocenters. The lowest BCUT2D eigenvalue weighted by Gasteiger charge is -2.04. The summed E-state index contributed by atoms with van der Waals surface area (Å²) in [6.07, 6.45) is 9.00. The number of carbonyl (C=O) groups excluding carboxylic acids is 2. The van der Waals surface area contributed by atoms with E-state index in [1.807, 2.05) is 47.6 Å². The van der Waals surface area contributed by atoms with Gasteiger partial charge >= 0.3 is 0 Å². The fraction of sp³-hybridized carbons (Fsp3) is 0.371. The van der Waals surface area contributed by atoms with Crippen LogP contribution < -0.4 is 0 Å². The number of Topliss-reactive ketones (excluding diaryl/α,β-unsaturated/α-hetero) is 1. The van der Waals surface area contributed by atoms with Crippen LogP contribution in [0.3, 0.4) is 0 Å². The molecule has 0 aromatic heterocycles. The molecule has 0 aliphatic heterocycles. The zero-order valence-corrected chi connectivity index (χ0v) is 26.0.